The van der Waals surface area contributed by atoms with Gasteiger partial charge in [0.1, 0.15) is 11.9 Å². The van der Waals surface area contributed by atoms with Crippen LogP contribution in [0.4, 0.5) is 0 Å². The van der Waals surface area contributed by atoms with Gasteiger partial charge >= 0.3 is 0 Å². The van der Waals surface area contributed by atoms with Crippen molar-refractivity contribution in [2.75, 3.05) is 13.1 Å². The average Bonchev–Trinajstić information content (AvgIpc) is 3.08. The van der Waals surface area contributed by atoms with Crippen LogP contribution in [0.5, 0.6) is 5.75 Å². The first-order valence-corrected chi connectivity index (χ1v) is 9.94. The Morgan fingerprint density at radius 2 is 2.15 bits per heavy atom. The summed E-state index contributed by atoms with van der Waals surface area (Å²) in [4.78, 5) is 5.41. The second-order valence-corrected chi connectivity index (χ2v) is 8.13. The van der Waals surface area contributed by atoms with Crippen molar-refractivity contribution in [3.8, 4) is 16.9 Å². The lowest BCUT2D eigenvalue weighted by Gasteiger charge is -2.26. The standard InChI is InChI=1S/C21H24N2O2S/c1-13-8-14(2)20(25-15-4-3-6-22-11-15)18(9-13)17-5-7-23-19-10-16(12-24)26-21(17)19/h5,7-10,15,22,24H,3-4,6,11-12H2,1-2H3/t15-/m0/s1. The third-order valence-electron chi connectivity index (χ3n) is 4.86. The summed E-state index contributed by atoms with van der Waals surface area (Å²) in [6, 6.07) is 8.41. The van der Waals surface area contributed by atoms with Crippen LogP contribution in [0.25, 0.3) is 21.3 Å². The van der Waals surface area contributed by atoms with E-state index in [0.29, 0.717) is 0 Å². The summed E-state index contributed by atoms with van der Waals surface area (Å²) in [6.45, 7) is 6.25. The topological polar surface area (TPSA) is 54.4 Å². The number of rotatable bonds is 4. The minimum absolute atomic E-state index is 0.0460. The number of aromatic nitrogens is 1. The van der Waals surface area contributed by atoms with Crippen LogP contribution in [0.1, 0.15) is 28.8 Å². The molecule has 5 heteroatoms. The SMILES string of the molecule is Cc1cc(C)c(O[C@H]2CCCNC2)c(-c2ccnc3cc(CO)sc23)c1. The number of piperidine rings is 1. The fraction of sp³-hybridized carbons (Fsp3) is 0.381. The smallest absolute Gasteiger partial charge is 0.130 e. The maximum absolute atomic E-state index is 9.51. The second-order valence-electron chi connectivity index (χ2n) is 6.99. The monoisotopic (exact) mass is 368 g/mol. The molecule has 0 aliphatic carbocycles. The normalized spacial score (nSPS) is 17.6. The van der Waals surface area contributed by atoms with Crippen LogP contribution in [0.3, 0.4) is 0 Å². The number of hydrogen-bond donors (Lipinski definition) is 2. The van der Waals surface area contributed by atoms with E-state index in [0.717, 1.165) is 63.5 Å². The molecule has 2 N–H and O–H groups in total. The molecule has 1 aromatic carbocycles. The molecule has 3 heterocycles. The van der Waals surface area contributed by atoms with Crippen molar-refractivity contribution >= 4 is 21.6 Å². The minimum Gasteiger partial charge on any atom is -0.488 e. The highest BCUT2D eigenvalue weighted by molar-refractivity contribution is 7.19. The van der Waals surface area contributed by atoms with Gasteiger partial charge < -0.3 is 15.2 Å². The predicted octanol–water partition coefficient (Wildman–Crippen LogP) is 4.20. The molecule has 0 saturated carbocycles. The highest BCUT2D eigenvalue weighted by atomic mass is 32.1. The summed E-state index contributed by atoms with van der Waals surface area (Å²) in [5.41, 5.74) is 5.56. The molecule has 3 aromatic rings. The van der Waals surface area contributed by atoms with Crippen LogP contribution >= 0.6 is 11.3 Å². The fourth-order valence-corrected chi connectivity index (χ4v) is 4.68. The van der Waals surface area contributed by atoms with Crippen molar-refractivity contribution in [2.45, 2.75) is 39.4 Å². The number of nitrogens with zero attached hydrogens (tertiary/aromatic N) is 1. The maximum atomic E-state index is 9.51. The van der Waals surface area contributed by atoms with Gasteiger partial charge in [-0.3, -0.25) is 4.98 Å². The average molecular weight is 369 g/mol. The molecule has 0 unspecified atom stereocenters. The Kier molecular flexibility index (Phi) is 4.94. The molecule has 1 saturated heterocycles. The number of benzene rings is 1. The minimum atomic E-state index is 0.0460. The molecule has 0 spiro atoms. The van der Waals surface area contributed by atoms with E-state index in [1.165, 1.54) is 5.56 Å². The van der Waals surface area contributed by atoms with Crippen LogP contribution in [0.2, 0.25) is 0 Å². The first-order chi connectivity index (χ1) is 12.7. The van der Waals surface area contributed by atoms with E-state index in [1.54, 1.807) is 11.3 Å². The lowest BCUT2D eigenvalue weighted by atomic mass is 9.99. The van der Waals surface area contributed by atoms with E-state index in [-0.39, 0.29) is 12.7 Å². The van der Waals surface area contributed by atoms with Gasteiger partial charge in [-0.15, -0.1) is 11.3 Å². The van der Waals surface area contributed by atoms with E-state index in [4.69, 9.17) is 4.74 Å². The van der Waals surface area contributed by atoms with Gasteiger partial charge in [-0.1, -0.05) is 6.07 Å². The Bertz CT molecular complexity index is 929. The van der Waals surface area contributed by atoms with Crippen LogP contribution in [0.15, 0.2) is 30.5 Å². The number of thiophene rings is 1. The summed E-state index contributed by atoms with van der Waals surface area (Å²) >= 11 is 1.60. The summed E-state index contributed by atoms with van der Waals surface area (Å²) in [5, 5.41) is 12.9. The lowest BCUT2D eigenvalue weighted by molar-refractivity contribution is 0.167. The highest BCUT2D eigenvalue weighted by Crippen LogP contribution is 2.41. The van der Waals surface area contributed by atoms with E-state index < -0.39 is 0 Å². The number of ether oxygens (including phenoxy) is 1. The van der Waals surface area contributed by atoms with Gasteiger partial charge in [0.25, 0.3) is 0 Å². The van der Waals surface area contributed by atoms with Gasteiger partial charge in [-0.05, 0) is 62.6 Å². The molecule has 4 rings (SSSR count). The van der Waals surface area contributed by atoms with Gasteiger partial charge in [0.2, 0.25) is 0 Å². The molecule has 1 aliphatic rings. The number of aryl methyl sites for hydroxylation is 2. The molecular formula is C21H24N2O2S. The van der Waals surface area contributed by atoms with Gasteiger partial charge in [0, 0.05) is 28.7 Å². The van der Waals surface area contributed by atoms with Crippen molar-refractivity contribution in [3.05, 3.63) is 46.5 Å². The first-order valence-electron chi connectivity index (χ1n) is 9.13. The molecule has 0 amide bonds. The fourth-order valence-electron chi connectivity index (χ4n) is 3.68. The molecule has 1 atom stereocenters. The Hall–Kier alpha value is -1.95. The van der Waals surface area contributed by atoms with Crippen LogP contribution in [-0.4, -0.2) is 29.3 Å². The lowest BCUT2D eigenvalue weighted by Crippen LogP contribution is -2.37. The molecule has 0 radical (unpaired) electrons. The Morgan fingerprint density at radius 1 is 1.27 bits per heavy atom. The Balaban J connectivity index is 1.84. The van der Waals surface area contributed by atoms with Crippen LogP contribution in [0, 0.1) is 13.8 Å². The Labute approximate surface area is 157 Å². The van der Waals surface area contributed by atoms with Gasteiger partial charge in [0.15, 0.2) is 0 Å². The number of aliphatic hydroxyl groups excluding tert-OH is 1. The summed E-state index contributed by atoms with van der Waals surface area (Å²) < 4.78 is 7.59. The van der Waals surface area contributed by atoms with Crippen molar-refractivity contribution < 1.29 is 9.84 Å². The molecule has 2 aromatic heterocycles. The number of aliphatic hydroxyl groups is 1. The number of pyridine rings is 1. The zero-order valence-electron chi connectivity index (χ0n) is 15.2. The maximum Gasteiger partial charge on any atom is 0.130 e. The van der Waals surface area contributed by atoms with Crippen molar-refractivity contribution in [2.24, 2.45) is 0 Å². The number of fused-ring (bicyclic) bond motifs is 1. The van der Waals surface area contributed by atoms with Gasteiger partial charge in [-0.2, -0.15) is 0 Å². The van der Waals surface area contributed by atoms with Gasteiger partial charge in [-0.25, -0.2) is 0 Å². The van der Waals surface area contributed by atoms with E-state index in [1.807, 2.05) is 12.3 Å². The molecule has 1 aliphatic heterocycles. The predicted molar refractivity (Wildman–Crippen MR) is 107 cm³/mol. The van der Waals surface area contributed by atoms with Crippen molar-refractivity contribution in [1.82, 2.24) is 10.3 Å². The highest BCUT2D eigenvalue weighted by Gasteiger charge is 2.20. The van der Waals surface area contributed by atoms with Crippen molar-refractivity contribution in [3.63, 3.8) is 0 Å². The number of hydrogen-bond acceptors (Lipinski definition) is 5. The summed E-state index contributed by atoms with van der Waals surface area (Å²) in [6.07, 6.45) is 4.28. The molecule has 0 bridgehead atoms. The van der Waals surface area contributed by atoms with E-state index >= 15 is 0 Å². The van der Waals surface area contributed by atoms with E-state index in [9.17, 15) is 5.11 Å². The largest absolute Gasteiger partial charge is 0.488 e. The Morgan fingerprint density at radius 3 is 2.92 bits per heavy atom. The third kappa shape index (κ3) is 3.34. The summed E-state index contributed by atoms with van der Waals surface area (Å²) in [5.74, 6) is 0.968. The third-order valence-corrected chi connectivity index (χ3v) is 6.01. The quantitative estimate of drug-likeness (QED) is 0.725. The van der Waals surface area contributed by atoms with Gasteiger partial charge in [0.05, 0.1) is 16.8 Å². The van der Waals surface area contributed by atoms with Crippen molar-refractivity contribution in [1.29, 1.82) is 0 Å². The van der Waals surface area contributed by atoms with E-state index in [2.05, 4.69) is 42.3 Å². The zero-order chi connectivity index (χ0) is 18.1. The molecule has 4 nitrogen and oxygen atoms in total. The second kappa shape index (κ2) is 7.35. The number of nitrogens with one attached hydrogen (secondary N) is 1. The molecule has 1 fully saturated rings. The summed E-state index contributed by atoms with van der Waals surface area (Å²) in [7, 11) is 0. The molecular weight excluding hydrogens is 344 g/mol. The van der Waals surface area contributed by atoms with Crippen LogP contribution < -0.4 is 10.1 Å². The first kappa shape index (κ1) is 17.5. The molecule has 26 heavy (non-hydrogen) atoms. The molecule has 136 valence electrons. The zero-order valence-corrected chi connectivity index (χ0v) is 16.0. The van der Waals surface area contributed by atoms with Crippen LogP contribution in [-0.2, 0) is 6.61 Å².